The van der Waals surface area contributed by atoms with Crippen LogP contribution in [0.4, 0.5) is 5.69 Å². The Morgan fingerprint density at radius 3 is 2.29 bits per heavy atom. The Labute approximate surface area is 127 Å². The van der Waals surface area contributed by atoms with Crippen molar-refractivity contribution < 1.29 is 4.74 Å². The lowest BCUT2D eigenvalue weighted by molar-refractivity contribution is 0.306. The normalized spacial score (nSPS) is 12.2. The second kappa shape index (κ2) is 7.70. The summed E-state index contributed by atoms with van der Waals surface area (Å²) in [6, 6.07) is 18.3. The van der Waals surface area contributed by atoms with E-state index in [1.165, 1.54) is 5.56 Å². The van der Waals surface area contributed by atoms with Crippen LogP contribution in [0.25, 0.3) is 0 Å². The molecule has 0 radical (unpaired) electrons. The fraction of sp³-hybridized carbons (Fsp3) is 0.333. The van der Waals surface area contributed by atoms with Crippen molar-refractivity contribution in [2.24, 2.45) is 11.7 Å². The summed E-state index contributed by atoms with van der Waals surface area (Å²) in [5.74, 6) is 1.35. The molecule has 2 rings (SSSR count). The Balaban J connectivity index is 1.82. The molecule has 21 heavy (non-hydrogen) atoms. The standard InChI is InChI=1S/C18H24N2O/c1-14(2)18(19)12-20-16-8-10-17(11-9-16)21-13-15-6-4-3-5-7-15/h3-11,14,18,20H,12-13,19H2,1-2H3. The van der Waals surface area contributed by atoms with Gasteiger partial charge in [0.05, 0.1) is 0 Å². The van der Waals surface area contributed by atoms with Gasteiger partial charge in [-0.05, 0) is 35.7 Å². The molecule has 112 valence electrons. The van der Waals surface area contributed by atoms with Gasteiger partial charge in [-0.2, -0.15) is 0 Å². The minimum Gasteiger partial charge on any atom is -0.489 e. The van der Waals surface area contributed by atoms with Gasteiger partial charge in [-0.25, -0.2) is 0 Å². The third-order valence-corrected chi connectivity index (χ3v) is 3.50. The summed E-state index contributed by atoms with van der Waals surface area (Å²) >= 11 is 0. The molecule has 2 aromatic rings. The van der Waals surface area contributed by atoms with Crippen LogP contribution in [0, 0.1) is 5.92 Å². The molecule has 0 saturated carbocycles. The Bertz CT molecular complexity index is 523. The molecule has 0 amide bonds. The van der Waals surface area contributed by atoms with E-state index in [9.17, 15) is 0 Å². The molecule has 3 nitrogen and oxygen atoms in total. The van der Waals surface area contributed by atoms with Crippen LogP contribution in [0.1, 0.15) is 19.4 Å². The molecule has 1 unspecified atom stereocenters. The summed E-state index contributed by atoms with van der Waals surface area (Å²) in [6.45, 7) is 5.63. The lowest BCUT2D eigenvalue weighted by Gasteiger charge is -2.17. The average molecular weight is 284 g/mol. The summed E-state index contributed by atoms with van der Waals surface area (Å²) in [7, 11) is 0. The van der Waals surface area contributed by atoms with Gasteiger partial charge in [0.1, 0.15) is 12.4 Å². The first kappa shape index (κ1) is 15.4. The second-order valence-electron chi connectivity index (χ2n) is 5.59. The van der Waals surface area contributed by atoms with Crippen molar-refractivity contribution in [2.45, 2.75) is 26.5 Å². The Morgan fingerprint density at radius 2 is 1.67 bits per heavy atom. The van der Waals surface area contributed by atoms with Gasteiger partial charge in [-0.3, -0.25) is 0 Å². The molecule has 0 aliphatic heterocycles. The van der Waals surface area contributed by atoms with Crippen LogP contribution in [0.5, 0.6) is 5.75 Å². The van der Waals surface area contributed by atoms with Crippen LogP contribution in [0.3, 0.4) is 0 Å². The van der Waals surface area contributed by atoms with E-state index in [1.54, 1.807) is 0 Å². The maximum absolute atomic E-state index is 6.02. The molecule has 3 N–H and O–H groups in total. The molecule has 0 bridgehead atoms. The van der Waals surface area contributed by atoms with Crippen molar-refractivity contribution in [3.05, 3.63) is 60.2 Å². The quantitative estimate of drug-likeness (QED) is 0.815. The third-order valence-electron chi connectivity index (χ3n) is 3.50. The SMILES string of the molecule is CC(C)C(N)CNc1ccc(OCc2ccccc2)cc1. The molecule has 0 saturated heterocycles. The van der Waals surface area contributed by atoms with Gasteiger partial charge in [0, 0.05) is 18.3 Å². The second-order valence-corrected chi connectivity index (χ2v) is 5.59. The van der Waals surface area contributed by atoms with Crippen molar-refractivity contribution in [3.8, 4) is 5.75 Å². The monoisotopic (exact) mass is 284 g/mol. The predicted octanol–water partition coefficient (Wildman–Crippen LogP) is 3.66. The molecule has 3 heteroatoms. The zero-order chi connectivity index (χ0) is 15.1. The van der Waals surface area contributed by atoms with Gasteiger partial charge in [-0.1, -0.05) is 44.2 Å². The van der Waals surface area contributed by atoms with Gasteiger partial charge in [0.2, 0.25) is 0 Å². The molecule has 0 aliphatic rings. The smallest absolute Gasteiger partial charge is 0.119 e. The van der Waals surface area contributed by atoms with Crippen LogP contribution in [0.2, 0.25) is 0 Å². The number of hydrogen-bond donors (Lipinski definition) is 2. The van der Waals surface area contributed by atoms with E-state index < -0.39 is 0 Å². The number of nitrogens with two attached hydrogens (primary N) is 1. The van der Waals surface area contributed by atoms with E-state index in [1.807, 2.05) is 42.5 Å². The fourth-order valence-corrected chi connectivity index (χ4v) is 1.88. The maximum atomic E-state index is 6.02. The first-order valence-electron chi connectivity index (χ1n) is 7.41. The minimum absolute atomic E-state index is 0.166. The number of hydrogen-bond acceptors (Lipinski definition) is 3. The predicted molar refractivity (Wildman–Crippen MR) is 88.5 cm³/mol. The van der Waals surface area contributed by atoms with E-state index >= 15 is 0 Å². The van der Waals surface area contributed by atoms with E-state index in [2.05, 4.69) is 31.3 Å². The van der Waals surface area contributed by atoms with Gasteiger partial charge >= 0.3 is 0 Å². The Hall–Kier alpha value is -2.00. The molecular formula is C18H24N2O. The van der Waals surface area contributed by atoms with Crippen molar-refractivity contribution in [3.63, 3.8) is 0 Å². The largest absolute Gasteiger partial charge is 0.489 e. The molecule has 0 spiro atoms. The van der Waals surface area contributed by atoms with Crippen LogP contribution < -0.4 is 15.8 Å². The van der Waals surface area contributed by atoms with Crippen molar-refractivity contribution in [1.29, 1.82) is 0 Å². The van der Waals surface area contributed by atoms with E-state index in [0.717, 1.165) is 18.0 Å². The summed E-state index contributed by atoms with van der Waals surface area (Å²) < 4.78 is 5.76. The average Bonchev–Trinajstić information content (AvgIpc) is 2.52. The van der Waals surface area contributed by atoms with Crippen LogP contribution in [-0.4, -0.2) is 12.6 Å². The molecule has 0 aliphatic carbocycles. The number of anilines is 1. The fourth-order valence-electron chi connectivity index (χ4n) is 1.88. The molecule has 2 aromatic carbocycles. The number of benzene rings is 2. The highest BCUT2D eigenvalue weighted by atomic mass is 16.5. The number of ether oxygens (including phenoxy) is 1. The maximum Gasteiger partial charge on any atom is 0.119 e. The number of rotatable bonds is 7. The zero-order valence-corrected chi connectivity index (χ0v) is 12.8. The first-order valence-corrected chi connectivity index (χ1v) is 7.41. The molecule has 0 heterocycles. The molecule has 0 aromatic heterocycles. The first-order chi connectivity index (χ1) is 10.1. The zero-order valence-electron chi connectivity index (χ0n) is 12.8. The van der Waals surface area contributed by atoms with Crippen LogP contribution in [0.15, 0.2) is 54.6 Å². The van der Waals surface area contributed by atoms with Gasteiger partial charge in [0.15, 0.2) is 0 Å². The van der Waals surface area contributed by atoms with Crippen LogP contribution >= 0.6 is 0 Å². The highest BCUT2D eigenvalue weighted by molar-refractivity contribution is 5.46. The topological polar surface area (TPSA) is 47.3 Å². The van der Waals surface area contributed by atoms with Gasteiger partial charge in [-0.15, -0.1) is 0 Å². The highest BCUT2D eigenvalue weighted by Gasteiger charge is 2.06. The summed E-state index contributed by atoms with van der Waals surface area (Å²) in [4.78, 5) is 0. The van der Waals surface area contributed by atoms with E-state index in [-0.39, 0.29) is 6.04 Å². The van der Waals surface area contributed by atoms with Gasteiger partial charge in [0.25, 0.3) is 0 Å². The van der Waals surface area contributed by atoms with Crippen LogP contribution in [-0.2, 0) is 6.61 Å². The van der Waals surface area contributed by atoms with Crippen molar-refractivity contribution in [2.75, 3.05) is 11.9 Å². The highest BCUT2D eigenvalue weighted by Crippen LogP contribution is 2.17. The van der Waals surface area contributed by atoms with E-state index in [4.69, 9.17) is 10.5 Å². The summed E-state index contributed by atoms with van der Waals surface area (Å²) in [5, 5.41) is 3.35. The Morgan fingerprint density at radius 1 is 1.00 bits per heavy atom. The summed E-state index contributed by atoms with van der Waals surface area (Å²) in [5.41, 5.74) is 8.26. The van der Waals surface area contributed by atoms with Gasteiger partial charge < -0.3 is 15.8 Å². The Kier molecular flexibility index (Phi) is 5.64. The lowest BCUT2D eigenvalue weighted by atomic mass is 10.1. The van der Waals surface area contributed by atoms with Crippen molar-refractivity contribution >= 4 is 5.69 Å². The van der Waals surface area contributed by atoms with Crippen molar-refractivity contribution in [1.82, 2.24) is 0 Å². The summed E-state index contributed by atoms with van der Waals surface area (Å²) in [6.07, 6.45) is 0. The lowest BCUT2D eigenvalue weighted by Crippen LogP contribution is -2.33. The minimum atomic E-state index is 0.166. The number of nitrogens with one attached hydrogen (secondary N) is 1. The molecule has 0 fully saturated rings. The van der Waals surface area contributed by atoms with E-state index in [0.29, 0.717) is 12.5 Å². The molecule has 1 atom stereocenters. The molecular weight excluding hydrogens is 260 g/mol. The third kappa shape index (κ3) is 5.12.